The second-order valence-electron chi connectivity index (χ2n) is 8.16. The number of nitrogens with zero attached hydrogens (tertiary/aromatic N) is 2. The molecule has 140 valence electrons. The molecule has 0 radical (unpaired) electrons. The van der Waals surface area contributed by atoms with Crippen LogP contribution in [0, 0.1) is 11.3 Å². The lowest BCUT2D eigenvalue weighted by molar-refractivity contribution is -0.119. The van der Waals surface area contributed by atoms with Crippen LogP contribution in [-0.2, 0) is 4.79 Å². The van der Waals surface area contributed by atoms with Gasteiger partial charge >= 0.3 is 5.69 Å². The van der Waals surface area contributed by atoms with Crippen molar-refractivity contribution in [2.75, 3.05) is 5.75 Å². The number of aromatic nitrogens is 3. The monoisotopic (exact) mass is 366 g/mol. The van der Waals surface area contributed by atoms with Crippen molar-refractivity contribution in [3.8, 4) is 0 Å². The molecule has 2 aliphatic rings. The van der Waals surface area contributed by atoms with Gasteiger partial charge in [0.2, 0.25) is 5.91 Å². The van der Waals surface area contributed by atoms with Crippen LogP contribution in [0.5, 0.6) is 0 Å². The Balaban J connectivity index is 1.44. The highest BCUT2D eigenvalue weighted by Crippen LogP contribution is 2.40. The molecule has 25 heavy (non-hydrogen) atoms. The molecule has 0 unspecified atom stereocenters. The Hall–Kier alpha value is -1.24. The van der Waals surface area contributed by atoms with Gasteiger partial charge in [-0.1, -0.05) is 39.0 Å². The minimum Gasteiger partial charge on any atom is -0.353 e. The molecular formula is C18H30N4O2S. The van der Waals surface area contributed by atoms with Gasteiger partial charge in [0.05, 0.1) is 5.75 Å². The molecule has 6 nitrogen and oxygen atoms in total. The summed E-state index contributed by atoms with van der Waals surface area (Å²) in [6.45, 7) is 6.98. The lowest BCUT2D eigenvalue weighted by Gasteiger charge is -2.39. The molecule has 2 aliphatic carbocycles. The van der Waals surface area contributed by atoms with Gasteiger partial charge in [0.15, 0.2) is 5.16 Å². The zero-order valence-electron chi connectivity index (χ0n) is 15.5. The van der Waals surface area contributed by atoms with E-state index in [2.05, 4.69) is 36.3 Å². The van der Waals surface area contributed by atoms with Crippen LogP contribution >= 0.6 is 11.8 Å². The van der Waals surface area contributed by atoms with Gasteiger partial charge in [-0.15, -0.1) is 5.10 Å². The Morgan fingerprint density at radius 3 is 2.56 bits per heavy atom. The number of thioether (sulfide) groups is 1. The van der Waals surface area contributed by atoms with Crippen molar-refractivity contribution < 1.29 is 4.79 Å². The highest BCUT2D eigenvalue weighted by Gasteiger charge is 2.32. The molecule has 0 bridgehead atoms. The summed E-state index contributed by atoms with van der Waals surface area (Å²) in [4.78, 5) is 24.0. The quantitative estimate of drug-likeness (QED) is 0.727. The van der Waals surface area contributed by atoms with E-state index in [1.54, 1.807) is 4.57 Å². The van der Waals surface area contributed by atoms with Crippen LogP contribution in [0.4, 0.5) is 0 Å². The van der Waals surface area contributed by atoms with Crippen LogP contribution in [0.25, 0.3) is 0 Å². The fourth-order valence-corrected chi connectivity index (χ4v) is 4.58. The zero-order chi connectivity index (χ0) is 18.0. The normalized spacial score (nSPS) is 24.3. The molecule has 0 saturated heterocycles. The van der Waals surface area contributed by atoms with Crippen LogP contribution in [0.15, 0.2) is 9.95 Å². The smallest absolute Gasteiger partial charge is 0.344 e. The number of H-pyrrole nitrogens is 1. The van der Waals surface area contributed by atoms with Gasteiger partial charge in [-0.05, 0) is 49.9 Å². The molecule has 1 aromatic heterocycles. The topological polar surface area (TPSA) is 79.8 Å². The van der Waals surface area contributed by atoms with E-state index in [9.17, 15) is 9.59 Å². The van der Waals surface area contributed by atoms with Crippen molar-refractivity contribution in [3.63, 3.8) is 0 Å². The number of nitrogens with one attached hydrogen (secondary N) is 2. The molecule has 1 amide bonds. The average molecular weight is 367 g/mol. The Morgan fingerprint density at radius 1 is 1.28 bits per heavy atom. The number of hydrogen-bond acceptors (Lipinski definition) is 4. The maximum atomic E-state index is 12.3. The van der Waals surface area contributed by atoms with Crippen LogP contribution in [0.1, 0.15) is 71.8 Å². The molecule has 0 atom stereocenters. The first-order chi connectivity index (χ1) is 11.9. The van der Waals surface area contributed by atoms with E-state index in [1.807, 2.05) is 0 Å². The molecule has 0 spiro atoms. The van der Waals surface area contributed by atoms with Crippen LogP contribution in [-0.4, -0.2) is 32.5 Å². The maximum absolute atomic E-state index is 12.3. The summed E-state index contributed by atoms with van der Waals surface area (Å²) in [5, 5.41) is 10.3. The molecule has 2 saturated carbocycles. The Kier molecular flexibility index (Phi) is 5.61. The summed E-state index contributed by atoms with van der Waals surface area (Å²) in [5.74, 6) is 1.12. The van der Waals surface area contributed by atoms with Crippen LogP contribution < -0.4 is 11.0 Å². The van der Waals surface area contributed by atoms with E-state index in [0.29, 0.717) is 22.4 Å². The summed E-state index contributed by atoms with van der Waals surface area (Å²) in [5.41, 5.74) is 0.235. The average Bonchev–Trinajstić information content (AvgIpc) is 3.36. The van der Waals surface area contributed by atoms with Gasteiger partial charge in [-0.2, -0.15) is 0 Å². The third kappa shape index (κ3) is 4.49. The summed E-state index contributed by atoms with van der Waals surface area (Å²) >= 11 is 1.35. The molecule has 7 heteroatoms. The van der Waals surface area contributed by atoms with Crippen molar-refractivity contribution in [1.82, 2.24) is 20.1 Å². The van der Waals surface area contributed by atoms with Gasteiger partial charge in [-0.3, -0.25) is 9.36 Å². The maximum Gasteiger partial charge on any atom is 0.344 e. The van der Waals surface area contributed by atoms with E-state index >= 15 is 0 Å². The first-order valence-corrected chi connectivity index (χ1v) is 10.5. The highest BCUT2D eigenvalue weighted by atomic mass is 32.2. The van der Waals surface area contributed by atoms with E-state index < -0.39 is 0 Å². The fraction of sp³-hybridized carbons (Fsp3) is 0.833. The van der Waals surface area contributed by atoms with Crippen molar-refractivity contribution in [3.05, 3.63) is 10.5 Å². The van der Waals surface area contributed by atoms with Crippen LogP contribution in [0.3, 0.4) is 0 Å². The van der Waals surface area contributed by atoms with Crippen molar-refractivity contribution in [2.24, 2.45) is 11.3 Å². The Morgan fingerprint density at radius 2 is 1.96 bits per heavy atom. The highest BCUT2D eigenvalue weighted by molar-refractivity contribution is 7.99. The van der Waals surface area contributed by atoms with Gasteiger partial charge in [0.25, 0.3) is 0 Å². The standard InChI is InChI=1S/C18H30N4O2S/c1-4-18(2,3)12-5-7-13(8-6-12)19-15(23)11-25-17-21-20-16(24)22(17)14-9-10-14/h12-14H,4-11H2,1-3H3,(H,19,23)(H,20,24). The van der Waals surface area contributed by atoms with Gasteiger partial charge in [-0.25, -0.2) is 9.89 Å². The van der Waals surface area contributed by atoms with Crippen LogP contribution in [0.2, 0.25) is 0 Å². The number of hydrogen-bond donors (Lipinski definition) is 2. The van der Waals surface area contributed by atoms with Crippen molar-refractivity contribution in [1.29, 1.82) is 0 Å². The summed E-state index contributed by atoms with van der Waals surface area (Å²) in [7, 11) is 0. The molecule has 1 aromatic rings. The molecule has 1 heterocycles. The van der Waals surface area contributed by atoms with E-state index in [4.69, 9.17) is 0 Å². The van der Waals surface area contributed by atoms with Gasteiger partial charge < -0.3 is 5.32 Å². The number of aromatic amines is 1. The predicted molar refractivity (Wildman–Crippen MR) is 99.8 cm³/mol. The summed E-state index contributed by atoms with van der Waals surface area (Å²) in [6, 6.07) is 0.566. The zero-order valence-corrected chi connectivity index (χ0v) is 16.3. The molecule has 0 aromatic carbocycles. The molecule has 2 fully saturated rings. The predicted octanol–water partition coefficient (Wildman–Crippen LogP) is 3.11. The van der Waals surface area contributed by atoms with E-state index in [0.717, 1.165) is 31.6 Å². The minimum absolute atomic E-state index is 0.0426. The van der Waals surface area contributed by atoms with Gasteiger partial charge in [0, 0.05) is 12.1 Å². The summed E-state index contributed by atoms with van der Waals surface area (Å²) < 4.78 is 1.69. The number of carbonyl (C=O) groups is 1. The molecular weight excluding hydrogens is 336 g/mol. The SMILES string of the molecule is CCC(C)(C)C1CCC(NC(=O)CSc2n[nH]c(=O)n2C2CC2)CC1. The molecule has 3 rings (SSSR count). The van der Waals surface area contributed by atoms with E-state index in [-0.39, 0.29) is 17.6 Å². The summed E-state index contributed by atoms with van der Waals surface area (Å²) in [6.07, 6.45) is 7.78. The third-order valence-electron chi connectivity index (χ3n) is 6.03. The molecule has 2 N–H and O–H groups in total. The first-order valence-electron chi connectivity index (χ1n) is 9.49. The van der Waals surface area contributed by atoms with Crippen molar-refractivity contribution >= 4 is 17.7 Å². The molecule has 0 aliphatic heterocycles. The van der Waals surface area contributed by atoms with Gasteiger partial charge in [0.1, 0.15) is 0 Å². The number of carbonyl (C=O) groups excluding carboxylic acids is 1. The third-order valence-corrected chi connectivity index (χ3v) is 6.98. The first kappa shape index (κ1) is 18.5. The number of rotatable bonds is 7. The lowest BCUT2D eigenvalue weighted by Crippen LogP contribution is -2.40. The fourth-order valence-electron chi connectivity index (χ4n) is 3.75. The largest absolute Gasteiger partial charge is 0.353 e. The lowest BCUT2D eigenvalue weighted by atomic mass is 9.69. The van der Waals surface area contributed by atoms with Crippen molar-refractivity contribution in [2.45, 2.75) is 83.0 Å². The van der Waals surface area contributed by atoms with E-state index in [1.165, 1.54) is 31.0 Å². The number of amides is 1. The Bertz CT molecular complexity index is 654. The Labute approximate surface area is 153 Å². The second kappa shape index (κ2) is 7.56. The second-order valence-corrected chi connectivity index (χ2v) is 9.10. The minimum atomic E-state index is -0.165.